The maximum Gasteiger partial charge on any atom is 0.320 e. The third-order valence-electron chi connectivity index (χ3n) is 5.24. The van der Waals surface area contributed by atoms with Crippen LogP contribution in [0.4, 0.5) is 0 Å². The Morgan fingerprint density at radius 2 is 1.00 bits per heavy atom. The molecule has 1 atom stereocenters. The van der Waals surface area contributed by atoms with Gasteiger partial charge in [0.1, 0.15) is 6.04 Å². The molecule has 26 heavy (non-hydrogen) atoms. The molecule has 0 aliphatic heterocycles. The minimum atomic E-state index is -0.689. The van der Waals surface area contributed by atoms with Crippen molar-refractivity contribution in [3.8, 4) is 0 Å². The average Bonchev–Trinajstić information content (AvgIpc) is 2.57. The van der Waals surface area contributed by atoms with Gasteiger partial charge in [0.25, 0.3) is 0 Å². The van der Waals surface area contributed by atoms with E-state index < -0.39 is 5.97 Å². The number of rotatable bonds is 19. The van der Waals surface area contributed by atoms with Gasteiger partial charge in [0, 0.05) is 0 Å². The number of hydrogen-bond acceptors (Lipinski definition) is 2. The molecule has 0 aromatic carbocycles. The van der Waals surface area contributed by atoms with Crippen LogP contribution in [0.1, 0.15) is 116 Å². The second kappa shape index (κ2) is 20.7. The fraction of sp³-hybridized carbons (Fsp3) is 0.955. The van der Waals surface area contributed by atoms with Crippen LogP contribution in [0.5, 0.6) is 0 Å². The minimum Gasteiger partial charge on any atom is -0.480 e. The highest BCUT2D eigenvalue weighted by atomic mass is 16.4. The molecule has 3 N–H and O–H groups in total. The molecule has 0 fully saturated rings. The second-order valence-electron chi connectivity index (χ2n) is 7.91. The summed E-state index contributed by atoms with van der Waals surface area (Å²) in [5.74, 6) is -0.689. The molecule has 0 aliphatic rings. The van der Waals surface area contributed by atoms with Crippen LogP contribution in [0, 0.1) is 0 Å². The molecule has 0 aromatic rings. The van der Waals surface area contributed by atoms with E-state index in [4.69, 9.17) is 5.11 Å². The molecule has 0 amide bonds. The molecule has 0 radical (unpaired) electrons. The maximum absolute atomic E-state index is 11.1. The molecular formula is C22H47NO3. The summed E-state index contributed by atoms with van der Waals surface area (Å²) in [5.41, 5.74) is 0. The largest absolute Gasteiger partial charge is 0.480 e. The number of carboxylic acid groups (broad SMARTS) is 1. The van der Waals surface area contributed by atoms with E-state index in [1.807, 2.05) is 19.0 Å². The topological polar surface area (TPSA) is 72.0 Å². The Balaban J connectivity index is 0. The highest BCUT2D eigenvalue weighted by Gasteiger charge is 2.18. The molecule has 0 aromatic heterocycles. The number of unbranched alkanes of at least 4 members (excludes halogenated alkanes) is 15. The SMILES string of the molecule is CCCCCCCCCCCCCCCCCCC(C(=O)O)N(C)C.O. The first-order valence-corrected chi connectivity index (χ1v) is 11.0. The van der Waals surface area contributed by atoms with Crippen LogP contribution in [-0.4, -0.2) is 41.6 Å². The van der Waals surface area contributed by atoms with E-state index >= 15 is 0 Å². The first kappa shape index (κ1) is 27.6. The zero-order chi connectivity index (χ0) is 18.8. The fourth-order valence-electron chi connectivity index (χ4n) is 3.49. The summed E-state index contributed by atoms with van der Waals surface area (Å²) in [7, 11) is 3.70. The first-order chi connectivity index (χ1) is 12.1. The molecule has 0 saturated heterocycles. The lowest BCUT2D eigenvalue weighted by atomic mass is 10.0. The predicted octanol–water partition coefficient (Wildman–Crippen LogP) is 5.83. The summed E-state index contributed by atoms with van der Waals surface area (Å²) in [4.78, 5) is 12.9. The van der Waals surface area contributed by atoms with Gasteiger partial charge in [0.05, 0.1) is 0 Å². The number of aliphatic carboxylic acids is 1. The lowest BCUT2D eigenvalue weighted by Gasteiger charge is -2.19. The van der Waals surface area contributed by atoms with Crippen molar-refractivity contribution < 1.29 is 15.4 Å². The van der Waals surface area contributed by atoms with E-state index in [9.17, 15) is 4.79 Å². The zero-order valence-corrected chi connectivity index (χ0v) is 17.9. The summed E-state index contributed by atoms with van der Waals surface area (Å²) in [6.45, 7) is 2.28. The van der Waals surface area contributed by atoms with Gasteiger partial charge in [0.15, 0.2) is 0 Å². The van der Waals surface area contributed by atoms with Crippen molar-refractivity contribution in [3.05, 3.63) is 0 Å². The van der Waals surface area contributed by atoms with Crippen molar-refractivity contribution in [2.75, 3.05) is 14.1 Å². The second-order valence-corrected chi connectivity index (χ2v) is 7.91. The van der Waals surface area contributed by atoms with Crippen LogP contribution in [0.3, 0.4) is 0 Å². The van der Waals surface area contributed by atoms with Gasteiger partial charge in [-0.15, -0.1) is 0 Å². The molecule has 0 rings (SSSR count). The Hall–Kier alpha value is -0.610. The van der Waals surface area contributed by atoms with Crippen molar-refractivity contribution in [1.29, 1.82) is 0 Å². The summed E-state index contributed by atoms with van der Waals surface area (Å²) >= 11 is 0. The quantitative estimate of drug-likeness (QED) is 0.290. The molecule has 0 spiro atoms. The first-order valence-electron chi connectivity index (χ1n) is 11.0. The van der Waals surface area contributed by atoms with Gasteiger partial charge in [-0.05, 0) is 20.5 Å². The van der Waals surface area contributed by atoms with E-state index in [-0.39, 0.29) is 11.5 Å². The molecule has 0 bridgehead atoms. The van der Waals surface area contributed by atoms with Gasteiger partial charge in [0.2, 0.25) is 0 Å². The van der Waals surface area contributed by atoms with Gasteiger partial charge < -0.3 is 10.6 Å². The van der Waals surface area contributed by atoms with Crippen molar-refractivity contribution in [2.45, 2.75) is 122 Å². The third kappa shape index (κ3) is 18.2. The summed E-state index contributed by atoms with van der Waals surface area (Å²) < 4.78 is 0. The molecule has 4 heteroatoms. The van der Waals surface area contributed by atoms with E-state index in [0.29, 0.717) is 0 Å². The number of carbonyl (C=O) groups is 1. The fourth-order valence-corrected chi connectivity index (χ4v) is 3.49. The minimum absolute atomic E-state index is 0. The Labute approximate surface area is 163 Å². The van der Waals surface area contributed by atoms with Crippen LogP contribution < -0.4 is 0 Å². The van der Waals surface area contributed by atoms with Gasteiger partial charge in [-0.2, -0.15) is 0 Å². The molecular weight excluding hydrogens is 326 g/mol. The molecule has 4 nitrogen and oxygen atoms in total. The normalized spacial score (nSPS) is 12.2. The van der Waals surface area contributed by atoms with Crippen molar-refractivity contribution in [1.82, 2.24) is 4.90 Å². The van der Waals surface area contributed by atoms with Crippen molar-refractivity contribution in [2.24, 2.45) is 0 Å². The third-order valence-corrected chi connectivity index (χ3v) is 5.24. The number of hydrogen-bond donors (Lipinski definition) is 1. The standard InChI is InChI=1S/C22H45NO2.H2O/c1-4-5-6-7-8-9-10-11-12-13-14-15-16-17-18-19-20-21(22(24)25)23(2)3;/h21H,4-20H2,1-3H3,(H,24,25);1H2. The van der Waals surface area contributed by atoms with E-state index in [1.165, 1.54) is 96.3 Å². The van der Waals surface area contributed by atoms with Gasteiger partial charge in [-0.3, -0.25) is 9.69 Å². The highest BCUT2D eigenvalue weighted by Crippen LogP contribution is 2.14. The molecule has 0 aliphatic carbocycles. The van der Waals surface area contributed by atoms with Crippen molar-refractivity contribution >= 4 is 5.97 Å². The number of carboxylic acids is 1. The monoisotopic (exact) mass is 373 g/mol. The van der Waals surface area contributed by atoms with Crippen molar-refractivity contribution in [3.63, 3.8) is 0 Å². The average molecular weight is 374 g/mol. The number of nitrogens with zero attached hydrogens (tertiary/aromatic N) is 1. The van der Waals surface area contributed by atoms with Crippen LogP contribution in [0.2, 0.25) is 0 Å². The van der Waals surface area contributed by atoms with E-state index in [2.05, 4.69) is 6.92 Å². The zero-order valence-electron chi connectivity index (χ0n) is 17.9. The van der Waals surface area contributed by atoms with Gasteiger partial charge in [-0.25, -0.2) is 0 Å². The van der Waals surface area contributed by atoms with Crippen LogP contribution in [0.25, 0.3) is 0 Å². The van der Waals surface area contributed by atoms with Gasteiger partial charge >= 0.3 is 5.97 Å². The Morgan fingerprint density at radius 3 is 1.27 bits per heavy atom. The Bertz CT molecular complexity index is 295. The predicted molar refractivity (Wildman–Crippen MR) is 113 cm³/mol. The molecule has 1 unspecified atom stereocenters. The van der Waals surface area contributed by atoms with Gasteiger partial charge in [-0.1, -0.05) is 110 Å². The molecule has 158 valence electrons. The maximum atomic E-state index is 11.1. The summed E-state index contributed by atoms with van der Waals surface area (Å²) in [5, 5.41) is 9.13. The smallest absolute Gasteiger partial charge is 0.320 e. The Morgan fingerprint density at radius 1 is 0.692 bits per heavy atom. The van der Waals surface area contributed by atoms with E-state index in [1.54, 1.807) is 0 Å². The number of likely N-dealkylation sites (N-methyl/N-ethyl adjacent to an activating group) is 1. The molecule has 0 heterocycles. The Kier molecular flexibility index (Phi) is 22.0. The van der Waals surface area contributed by atoms with Crippen LogP contribution in [-0.2, 0) is 4.79 Å². The lowest BCUT2D eigenvalue weighted by molar-refractivity contribution is -0.142. The summed E-state index contributed by atoms with van der Waals surface area (Å²) in [6, 6.07) is -0.313. The van der Waals surface area contributed by atoms with Crippen LogP contribution in [0.15, 0.2) is 0 Å². The van der Waals surface area contributed by atoms with Crippen LogP contribution >= 0.6 is 0 Å². The molecule has 0 saturated carbocycles. The summed E-state index contributed by atoms with van der Waals surface area (Å²) in [6.07, 6.45) is 22.5. The highest BCUT2D eigenvalue weighted by molar-refractivity contribution is 5.73. The van der Waals surface area contributed by atoms with E-state index in [0.717, 1.165) is 12.8 Å². The lowest BCUT2D eigenvalue weighted by Crippen LogP contribution is -2.35.